The smallest absolute Gasteiger partial charge is 0.176 e. The first-order chi connectivity index (χ1) is 35.9. The minimum Gasteiger partial charge on any atom is -0.285 e. The van der Waals surface area contributed by atoms with Crippen molar-refractivity contribution in [2.24, 2.45) is 0 Å². The summed E-state index contributed by atoms with van der Waals surface area (Å²) >= 11 is -0.617. The largest absolute Gasteiger partial charge is 0.285 e. The molecule has 6 unspecified atom stereocenters. The number of carbonyl (C=O) groups is 3. The molecule has 6 atom stereocenters. The number of hydrogen-bond acceptors (Lipinski definition) is 12. The van der Waals surface area contributed by atoms with Crippen LogP contribution in [-0.4, -0.2) is 119 Å². The molecule has 2 aromatic heterocycles. The van der Waals surface area contributed by atoms with E-state index in [-0.39, 0.29) is 89.5 Å². The summed E-state index contributed by atoms with van der Waals surface area (Å²) in [5.74, 6) is 1.36. The number of nitrogens with one attached hydrogen (secondary N) is 1. The van der Waals surface area contributed by atoms with E-state index in [0.717, 1.165) is 101 Å². The van der Waals surface area contributed by atoms with Crippen LogP contribution in [0.5, 0.6) is 11.8 Å². The molecule has 0 aliphatic carbocycles. The fourth-order valence-electron chi connectivity index (χ4n) is 12.7. The van der Waals surface area contributed by atoms with E-state index in [4.69, 9.17) is 25.9 Å². The van der Waals surface area contributed by atoms with Crippen molar-refractivity contribution in [2.75, 3.05) is 44.4 Å². The van der Waals surface area contributed by atoms with Gasteiger partial charge in [0.05, 0.1) is 23.1 Å². The standard InChI is InChI=1S/C58H63F2IN7O6/c1-4-41-45(59)19-16-36-25-40(69)26-43(49(36)41)52-51(60)53-44(28-62-52)54(66-30-37-17-18-38(31-66)63-37)65-57(64-53)74-33-58-23-22-39(67(58)29-34(3)27-58)32-73-24-11-9-7-6-8-10-13-35-14-12-15-42-50(35)56(72)68(55(42)71)48-21-20-47(70)46(5-2)61-48/h1,12,14-16,19,25-26,28,37-39,46,48,63,69H,3,5-11,13,17-18,20-24,27,29-33H2,2H3/q-1. The molecule has 6 aliphatic heterocycles. The Morgan fingerprint density at radius 3 is 2.57 bits per heavy atom. The number of halogens is 3. The van der Waals surface area contributed by atoms with Gasteiger partial charge in [-0.1, -0.05) is 24.1 Å². The predicted octanol–water partition coefficient (Wildman–Crippen LogP) is 6.05. The van der Waals surface area contributed by atoms with E-state index >= 15 is 8.78 Å². The maximum absolute atomic E-state index is 17.2. The van der Waals surface area contributed by atoms with Gasteiger partial charge in [0.2, 0.25) is 0 Å². The van der Waals surface area contributed by atoms with Gasteiger partial charge in [-0.3, -0.25) is 9.88 Å². The number of phenolic OH excluding ortho intramolecular Hbond substituents is 1. The van der Waals surface area contributed by atoms with E-state index in [1.165, 1.54) is 29.2 Å². The first-order valence-corrected chi connectivity index (χ1v) is 29.0. The molecule has 6 aliphatic rings. The van der Waals surface area contributed by atoms with Gasteiger partial charge in [-0.15, -0.1) is 6.42 Å². The average molecular weight is 1120 g/mol. The van der Waals surface area contributed by atoms with Crippen molar-refractivity contribution >= 4 is 45.1 Å². The number of pyridine rings is 1. The number of terminal acetylenes is 1. The van der Waals surface area contributed by atoms with Crippen molar-refractivity contribution in [2.45, 2.75) is 135 Å². The number of amides is 2. The van der Waals surface area contributed by atoms with Crippen molar-refractivity contribution in [3.05, 3.63) is 94.7 Å². The minimum absolute atomic E-state index is 0.0131. The molecule has 11 rings (SSSR count). The van der Waals surface area contributed by atoms with E-state index in [2.05, 4.69) is 32.6 Å². The van der Waals surface area contributed by atoms with Gasteiger partial charge < -0.3 is 24.8 Å². The third-order valence-electron chi connectivity index (χ3n) is 16.3. The molecule has 3 aromatic carbocycles. The number of Topliss-reactive ketones (excluding diaryl/α,β-unsaturated/α-hetero) is 1. The molecular formula is C58H63F2IN7O6-. The number of fused-ring (bicyclic) bond motifs is 6. The van der Waals surface area contributed by atoms with Gasteiger partial charge >= 0.3 is 178 Å². The molecule has 5 fully saturated rings. The Bertz CT molecular complexity index is 3100. The van der Waals surface area contributed by atoms with E-state index in [0.29, 0.717) is 72.6 Å². The van der Waals surface area contributed by atoms with Crippen LogP contribution in [0.3, 0.4) is 0 Å². The number of benzene rings is 3. The summed E-state index contributed by atoms with van der Waals surface area (Å²) in [6.07, 6.45) is 20.8. The van der Waals surface area contributed by atoms with Crippen molar-refractivity contribution in [3.63, 3.8) is 0 Å². The monoisotopic (exact) mass is 1120 g/mol. The number of ether oxygens (including phenoxy) is 2. The fraction of sp³-hybridized carbons (Fsp3) is 0.483. The van der Waals surface area contributed by atoms with Crippen LogP contribution < -0.4 is 36.2 Å². The molecule has 2 amide bonds. The van der Waals surface area contributed by atoms with Crippen LogP contribution in [0.25, 0.3) is 32.9 Å². The Morgan fingerprint density at radius 2 is 1.77 bits per heavy atom. The number of aryl methyl sites for hydroxylation is 1. The topological polar surface area (TPSA) is 150 Å². The second-order valence-corrected chi connectivity index (χ2v) is 24.8. The van der Waals surface area contributed by atoms with Crippen molar-refractivity contribution < 1.29 is 58.9 Å². The predicted molar refractivity (Wildman–Crippen MR) is 275 cm³/mol. The van der Waals surface area contributed by atoms with Gasteiger partial charge in [-0.25, -0.2) is 8.78 Å². The molecule has 0 spiro atoms. The number of unbranched alkanes of at least 4 members (excludes halogenated alkanes) is 5. The SMILES string of the molecule is C#Cc1c(F)ccc2cc(O)cc(-c3ncc4c(N5CC6CCC(C5)N6)nc(OCC56CCC(COCCCCCCCCc7cccc8c7C(=O)N(C7CCC(=O)C(CC)[I-]7)C8=O)N5CC(=C)C6)nc4c3F)c12. The molecule has 0 radical (unpaired) electrons. The van der Waals surface area contributed by atoms with Gasteiger partial charge in [0.15, 0.2) is 5.82 Å². The summed E-state index contributed by atoms with van der Waals surface area (Å²) in [4.78, 5) is 60.0. The Balaban J connectivity index is 0.699. The maximum atomic E-state index is 17.2. The summed E-state index contributed by atoms with van der Waals surface area (Å²) < 4.78 is 45.2. The number of piperazine rings is 1. The Hall–Kier alpha value is -5.61. The van der Waals surface area contributed by atoms with E-state index < -0.39 is 32.8 Å². The van der Waals surface area contributed by atoms with Gasteiger partial charge in [-0.2, -0.15) is 9.97 Å². The molecular weight excluding hydrogens is 1060 g/mol. The van der Waals surface area contributed by atoms with Crippen molar-refractivity contribution in [1.82, 2.24) is 30.1 Å². The Kier molecular flexibility index (Phi) is 14.5. The van der Waals surface area contributed by atoms with Gasteiger partial charge in [0, 0.05) is 61.5 Å². The molecule has 13 nitrogen and oxygen atoms in total. The Morgan fingerprint density at radius 1 is 0.973 bits per heavy atom. The van der Waals surface area contributed by atoms with Crippen LogP contribution in [0.4, 0.5) is 14.6 Å². The third kappa shape index (κ3) is 9.55. The fourth-order valence-corrected chi connectivity index (χ4v) is 16.4. The van der Waals surface area contributed by atoms with Crippen molar-refractivity contribution in [1.29, 1.82) is 0 Å². The summed E-state index contributed by atoms with van der Waals surface area (Å²) in [5, 5.41) is 15.5. The number of hydrogen-bond donors (Lipinski definition) is 2. The minimum atomic E-state index is -0.751. The van der Waals surface area contributed by atoms with Crippen LogP contribution in [-0.2, 0) is 16.0 Å². The molecule has 5 aromatic rings. The van der Waals surface area contributed by atoms with Crippen LogP contribution in [0, 0.1) is 24.0 Å². The normalized spacial score (nSPS) is 24.8. The molecule has 388 valence electrons. The molecule has 16 heteroatoms. The number of imide groups is 1. The number of aromatic nitrogens is 3. The number of nitrogens with zero attached hydrogens (tertiary/aromatic N) is 6. The summed E-state index contributed by atoms with van der Waals surface area (Å²) in [5.41, 5.74) is 2.83. The third-order valence-corrected chi connectivity index (χ3v) is 20.7. The number of alkyl halides is 2. The molecule has 74 heavy (non-hydrogen) atoms. The van der Waals surface area contributed by atoms with Crippen LogP contribution in [0.1, 0.15) is 129 Å². The van der Waals surface area contributed by atoms with Gasteiger partial charge in [0.25, 0.3) is 0 Å². The molecule has 5 saturated heterocycles. The average Bonchev–Trinajstić information content (AvgIpc) is 4.11. The number of phenols is 1. The van der Waals surface area contributed by atoms with Gasteiger partial charge in [-0.05, 0) is 55.7 Å². The second-order valence-electron chi connectivity index (χ2n) is 21.2. The van der Waals surface area contributed by atoms with Crippen LogP contribution >= 0.6 is 0 Å². The summed E-state index contributed by atoms with van der Waals surface area (Å²) in [7, 11) is 0. The van der Waals surface area contributed by atoms with E-state index in [1.54, 1.807) is 12.3 Å². The zero-order chi connectivity index (χ0) is 51.3. The number of aromatic hydroxyl groups is 1. The number of rotatable bonds is 18. The second kappa shape index (κ2) is 21.2. The summed E-state index contributed by atoms with van der Waals surface area (Å²) in [6, 6.07) is 12.0. The molecule has 2 N–H and O–H groups in total. The molecule has 2 bridgehead atoms. The van der Waals surface area contributed by atoms with Crippen LogP contribution in [0.15, 0.2) is 60.8 Å². The molecule has 0 saturated carbocycles. The number of carbonyl (C=O) groups excluding carboxylic acids is 3. The first kappa shape index (κ1) is 50.5. The zero-order valence-corrected chi connectivity index (χ0v) is 44.1. The Labute approximate surface area is 441 Å². The van der Waals surface area contributed by atoms with E-state index in [9.17, 15) is 19.5 Å². The quantitative estimate of drug-likeness (QED) is 0.0200. The van der Waals surface area contributed by atoms with Gasteiger partial charge in [0.1, 0.15) is 35.2 Å². The zero-order valence-electron chi connectivity index (χ0n) is 41.9. The van der Waals surface area contributed by atoms with E-state index in [1.807, 2.05) is 19.1 Å². The number of anilines is 1. The maximum Gasteiger partial charge on any atom is 0.176 e. The van der Waals surface area contributed by atoms with Crippen molar-refractivity contribution in [3.8, 4) is 35.4 Å². The summed E-state index contributed by atoms with van der Waals surface area (Å²) in [6.45, 7) is 10.1. The van der Waals surface area contributed by atoms with Crippen LogP contribution in [0.2, 0.25) is 0 Å². The number of ketones is 1. The first-order valence-electron chi connectivity index (χ1n) is 26.5. The molecule has 8 heterocycles.